The van der Waals surface area contributed by atoms with Crippen molar-refractivity contribution < 1.29 is 19.2 Å². The van der Waals surface area contributed by atoms with Crippen molar-refractivity contribution in [1.29, 1.82) is 0 Å². The van der Waals surface area contributed by atoms with Crippen LogP contribution >= 0.6 is 0 Å². The highest BCUT2D eigenvalue weighted by Crippen LogP contribution is 2.28. The van der Waals surface area contributed by atoms with Crippen LogP contribution in [0.5, 0.6) is 5.75 Å². The van der Waals surface area contributed by atoms with Gasteiger partial charge in [0.15, 0.2) is 0 Å². The SMILES string of the molecule is COc1ccccc1N1CCN(C(=O)C(=O)N/N=C\c2ccc([N+](=O)[O-])cc2)CC1. The first kappa shape index (κ1) is 20.8. The zero-order valence-electron chi connectivity index (χ0n) is 16.4. The number of hydrogen-bond acceptors (Lipinski definition) is 7. The molecular weight excluding hydrogens is 390 g/mol. The highest BCUT2D eigenvalue weighted by atomic mass is 16.6. The summed E-state index contributed by atoms with van der Waals surface area (Å²) in [7, 11) is 1.61. The molecule has 0 saturated carbocycles. The average Bonchev–Trinajstić information content (AvgIpc) is 2.79. The Morgan fingerprint density at radius 2 is 1.77 bits per heavy atom. The van der Waals surface area contributed by atoms with E-state index in [0.29, 0.717) is 31.7 Å². The van der Waals surface area contributed by atoms with E-state index in [1.165, 1.54) is 35.4 Å². The van der Waals surface area contributed by atoms with Gasteiger partial charge in [0.2, 0.25) is 0 Å². The van der Waals surface area contributed by atoms with E-state index < -0.39 is 16.7 Å². The molecule has 0 spiro atoms. The van der Waals surface area contributed by atoms with Gasteiger partial charge in [0.05, 0.1) is 23.9 Å². The summed E-state index contributed by atoms with van der Waals surface area (Å²) in [5.74, 6) is -0.731. The van der Waals surface area contributed by atoms with Gasteiger partial charge >= 0.3 is 11.8 Å². The van der Waals surface area contributed by atoms with Crippen LogP contribution in [0, 0.1) is 10.1 Å². The van der Waals surface area contributed by atoms with Crippen LogP contribution in [0.3, 0.4) is 0 Å². The minimum atomic E-state index is -0.834. The molecule has 10 heteroatoms. The van der Waals surface area contributed by atoms with Crippen LogP contribution in [0.1, 0.15) is 5.56 Å². The zero-order chi connectivity index (χ0) is 21.5. The Morgan fingerprint density at radius 1 is 1.10 bits per heavy atom. The number of para-hydroxylation sites is 2. The maximum atomic E-state index is 12.3. The molecule has 1 N–H and O–H groups in total. The Kier molecular flexibility index (Phi) is 6.58. The Morgan fingerprint density at radius 3 is 2.40 bits per heavy atom. The van der Waals surface area contributed by atoms with Gasteiger partial charge < -0.3 is 14.5 Å². The molecule has 0 radical (unpaired) electrons. The Bertz CT molecular complexity index is 952. The van der Waals surface area contributed by atoms with E-state index in [4.69, 9.17) is 4.74 Å². The molecule has 10 nitrogen and oxygen atoms in total. The quantitative estimate of drug-likeness (QED) is 0.344. The largest absolute Gasteiger partial charge is 0.495 e. The number of nitro groups is 1. The first-order valence-corrected chi connectivity index (χ1v) is 9.24. The number of anilines is 1. The molecule has 30 heavy (non-hydrogen) atoms. The van der Waals surface area contributed by atoms with E-state index >= 15 is 0 Å². The number of rotatable bonds is 5. The predicted molar refractivity (Wildman–Crippen MR) is 111 cm³/mol. The molecule has 1 aliphatic rings. The first-order chi connectivity index (χ1) is 14.5. The number of piperazine rings is 1. The molecule has 0 unspecified atom stereocenters. The Balaban J connectivity index is 1.51. The maximum absolute atomic E-state index is 12.3. The number of carbonyl (C=O) groups excluding carboxylic acids is 2. The van der Waals surface area contributed by atoms with Gasteiger partial charge in [-0.05, 0) is 29.8 Å². The predicted octanol–water partition coefficient (Wildman–Crippen LogP) is 1.40. The Labute approximate surface area is 172 Å². The second kappa shape index (κ2) is 9.50. The summed E-state index contributed by atoms with van der Waals surface area (Å²) in [6.07, 6.45) is 1.31. The number of benzene rings is 2. The van der Waals surface area contributed by atoms with Gasteiger partial charge in [0, 0.05) is 38.3 Å². The molecule has 1 heterocycles. The number of ether oxygens (including phenoxy) is 1. The van der Waals surface area contributed by atoms with Crippen molar-refractivity contribution in [3.05, 3.63) is 64.2 Å². The summed E-state index contributed by atoms with van der Waals surface area (Å²) in [4.78, 5) is 38.1. The topological polar surface area (TPSA) is 117 Å². The van der Waals surface area contributed by atoms with Crippen LogP contribution < -0.4 is 15.1 Å². The molecule has 2 amide bonds. The molecule has 3 rings (SSSR count). The van der Waals surface area contributed by atoms with E-state index in [2.05, 4.69) is 15.4 Å². The van der Waals surface area contributed by atoms with E-state index in [0.717, 1.165) is 11.4 Å². The number of methoxy groups -OCH3 is 1. The zero-order valence-corrected chi connectivity index (χ0v) is 16.4. The van der Waals surface area contributed by atoms with Gasteiger partial charge in [-0.25, -0.2) is 5.43 Å². The molecule has 1 saturated heterocycles. The monoisotopic (exact) mass is 411 g/mol. The van der Waals surface area contributed by atoms with Crippen LogP contribution in [0.25, 0.3) is 0 Å². The summed E-state index contributed by atoms with van der Waals surface area (Å²) in [6.45, 7) is 1.95. The summed E-state index contributed by atoms with van der Waals surface area (Å²) in [5.41, 5.74) is 3.66. The van der Waals surface area contributed by atoms with E-state index in [-0.39, 0.29) is 5.69 Å². The highest BCUT2D eigenvalue weighted by Gasteiger charge is 2.26. The molecule has 0 atom stereocenters. The van der Waals surface area contributed by atoms with Gasteiger partial charge in [-0.3, -0.25) is 19.7 Å². The van der Waals surface area contributed by atoms with Gasteiger partial charge in [0.1, 0.15) is 5.75 Å². The average molecular weight is 411 g/mol. The molecule has 1 fully saturated rings. The number of amides is 2. The van der Waals surface area contributed by atoms with Gasteiger partial charge in [-0.2, -0.15) is 5.10 Å². The van der Waals surface area contributed by atoms with E-state index in [1.807, 2.05) is 24.3 Å². The maximum Gasteiger partial charge on any atom is 0.329 e. The molecule has 2 aromatic rings. The Hall–Kier alpha value is -3.95. The van der Waals surface area contributed by atoms with Crippen LogP contribution in [0.15, 0.2) is 53.6 Å². The lowest BCUT2D eigenvalue weighted by Crippen LogP contribution is -2.52. The lowest BCUT2D eigenvalue weighted by Gasteiger charge is -2.36. The van der Waals surface area contributed by atoms with E-state index in [1.54, 1.807) is 7.11 Å². The molecule has 0 aromatic heterocycles. The molecule has 2 aromatic carbocycles. The number of non-ortho nitro benzene ring substituents is 1. The van der Waals surface area contributed by atoms with Crippen molar-refractivity contribution in [2.75, 3.05) is 38.2 Å². The minimum absolute atomic E-state index is 0.0429. The molecule has 0 bridgehead atoms. The lowest BCUT2D eigenvalue weighted by molar-refractivity contribution is -0.384. The standard InChI is InChI=1S/C20H21N5O5/c1-30-18-5-3-2-4-17(18)23-10-12-24(13-11-23)20(27)19(26)22-21-14-15-6-8-16(9-7-15)25(28)29/h2-9,14H,10-13H2,1H3,(H,22,26)/b21-14-. The fourth-order valence-corrected chi connectivity index (χ4v) is 3.08. The van der Waals surface area contributed by atoms with E-state index in [9.17, 15) is 19.7 Å². The first-order valence-electron chi connectivity index (χ1n) is 9.24. The number of carbonyl (C=O) groups is 2. The highest BCUT2D eigenvalue weighted by molar-refractivity contribution is 6.35. The summed E-state index contributed by atoms with van der Waals surface area (Å²) in [5, 5.41) is 14.4. The molecule has 1 aliphatic heterocycles. The summed E-state index contributed by atoms with van der Waals surface area (Å²) >= 11 is 0. The van der Waals surface area contributed by atoms with Crippen LogP contribution in [0.4, 0.5) is 11.4 Å². The fourth-order valence-electron chi connectivity index (χ4n) is 3.08. The second-order valence-electron chi connectivity index (χ2n) is 6.50. The number of nitro benzene ring substituents is 1. The number of hydrazone groups is 1. The summed E-state index contributed by atoms with van der Waals surface area (Å²) in [6, 6.07) is 13.3. The van der Waals surface area contributed by atoms with Gasteiger partial charge in [0.25, 0.3) is 5.69 Å². The fraction of sp³-hybridized carbons (Fsp3) is 0.250. The third-order valence-electron chi connectivity index (χ3n) is 4.67. The van der Waals surface area contributed by atoms with Crippen LogP contribution in [0.2, 0.25) is 0 Å². The number of hydrogen-bond donors (Lipinski definition) is 1. The van der Waals surface area contributed by atoms with Crippen molar-refractivity contribution in [3.8, 4) is 5.75 Å². The number of nitrogens with one attached hydrogen (secondary N) is 1. The number of nitrogens with zero attached hydrogens (tertiary/aromatic N) is 4. The molecule has 156 valence electrons. The normalized spacial score (nSPS) is 13.9. The molecule has 0 aliphatic carbocycles. The molecular formula is C20H21N5O5. The third kappa shape index (κ3) is 4.90. The van der Waals surface area contributed by atoms with Gasteiger partial charge in [-0.15, -0.1) is 0 Å². The minimum Gasteiger partial charge on any atom is -0.495 e. The smallest absolute Gasteiger partial charge is 0.329 e. The van der Waals surface area contributed by atoms with Crippen LogP contribution in [-0.4, -0.2) is 61.1 Å². The summed E-state index contributed by atoms with van der Waals surface area (Å²) < 4.78 is 5.37. The third-order valence-corrected chi connectivity index (χ3v) is 4.67. The van der Waals surface area contributed by atoms with Crippen molar-refractivity contribution in [2.24, 2.45) is 5.10 Å². The van der Waals surface area contributed by atoms with Crippen molar-refractivity contribution in [2.45, 2.75) is 0 Å². The van der Waals surface area contributed by atoms with Crippen LogP contribution in [-0.2, 0) is 9.59 Å². The van der Waals surface area contributed by atoms with Crippen molar-refractivity contribution in [3.63, 3.8) is 0 Å². The van der Waals surface area contributed by atoms with Crippen molar-refractivity contribution in [1.82, 2.24) is 10.3 Å². The second-order valence-corrected chi connectivity index (χ2v) is 6.50. The lowest BCUT2D eigenvalue weighted by atomic mass is 10.2. The van der Waals surface area contributed by atoms with Crippen molar-refractivity contribution >= 4 is 29.4 Å². The van der Waals surface area contributed by atoms with Gasteiger partial charge in [-0.1, -0.05) is 12.1 Å².